The monoisotopic (exact) mass is 201 g/mol. The Bertz CT molecular complexity index is 349. The summed E-state index contributed by atoms with van der Waals surface area (Å²) in [4.78, 5) is 7.53. The van der Waals surface area contributed by atoms with E-state index in [1.54, 1.807) is 19.3 Å². The van der Waals surface area contributed by atoms with Gasteiger partial charge < -0.3 is 0 Å². The lowest BCUT2D eigenvalue weighted by Gasteiger charge is -2.02. The Labute approximate surface area is 77.3 Å². The molecule has 13 heavy (non-hydrogen) atoms. The standard InChI is InChI=1S/C7H11N3O2S/c1-2-13(11,12)10-5-7-3-8-6-9-4-7/h3-4,6,10H,2,5H2,1H3. The van der Waals surface area contributed by atoms with Gasteiger partial charge in [-0.2, -0.15) is 0 Å². The first-order valence-electron chi connectivity index (χ1n) is 3.85. The van der Waals surface area contributed by atoms with E-state index < -0.39 is 10.0 Å². The Hall–Kier alpha value is -1.01. The topological polar surface area (TPSA) is 72.0 Å². The predicted molar refractivity (Wildman–Crippen MR) is 48.3 cm³/mol. The van der Waals surface area contributed by atoms with E-state index in [2.05, 4.69) is 14.7 Å². The fraction of sp³-hybridized carbons (Fsp3) is 0.429. The van der Waals surface area contributed by atoms with E-state index in [4.69, 9.17) is 0 Å². The van der Waals surface area contributed by atoms with E-state index in [9.17, 15) is 8.42 Å². The van der Waals surface area contributed by atoms with Gasteiger partial charge in [0.05, 0.1) is 5.75 Å². The first-order chi connectivity index (χ1) is 6.14. The second kappa shape index (κ2) is 4.29. The molecule has 1 rings (SSSR count). The first kappa shape index (κ1) is 10.1. The van der Waals surface area contributed by atoms with Crippen LogP contribution in [0.2, 0.25) is 0 Å². The van der Waals surface area contributed by atoms with E-state index >= 15 is 0 Å². The largest absolute Gasteiger partial charge is 0.244 e. The number of rotatable bonds is 4. The molecule has 1 aromatic heterocycles. The van der Waals surface area contributed by atoms with Crippen LogP contribution >= 0.6 is 0 Å². The summed E-state index contributed by atoms with van der Waals surface area (Å²) in [5.41, 5.74) is 0.750. The molecule has 6 heteroatoms. The third-order valence-corrected chi connectivity index (χ3v) is 2.83. The fourth-order valence-corrected chi connectivity index (χ4v) is 1.31. The third-order valence-electron chi connectivity index (χ3n) is 1.49. The van der Waals surface area contributed by atoms with Gasteiger partial charge in [0, 0.05) is 24.5 Å². The normalized spacial score (nSPS) is 11.5. The van der Waals surface area contributed by atoms with Gasteiger partial charge in [0.1, 0.15) is 6.33 Å². The van der Waals surface area contributed by atoms with Crippen molar-refractivity contribution < 1.29 is 8.42 Å². The molecule has 0 aliphatic carbocycles. The Balaban J connectivity index is 2.54. The molecule has 1 aromatic rings. The van der Waals surface area contributed by atoms with Crippen LogP contribution in [-0.4, -0.2) is 24.1 Å². The van der Waals surface area contributed by atoms with E-state index in [0.29, 0.717) is 0 Å². The van der Waals surface area contributed by atoms with Gasteiger partial charge in [-0.1, -0.05) is 0 Å². The lowest BCUT2D eigenvalue weighted by atomic mass is 10.4. The molecule has 0 unspecified atom stereocenters. The molecule has 1 N–H and O–H groups in total. The number of aromatic nitrogens is 2. The van der Waals surface area contributed by atoms with Gasteiger partial charge in [0.15, 0.2) is 0 Å². The Morgan fingerprint density at radius 3 is 2.54 bits per heavy atom. The minimum Gasteiger partial charge on any atom is -0.244 e. The Morgan fingerprint density at radius 2 is 2.00 bits per heavy atom. The lowest BCUT2D eigenvalue weighted by Crippen LogP contribution is -2.24. The van der Waals surface area contributed by atoms with Crippen LogP contribution in [0, 0.1) is 0 Å². The summed E-state index contributed by atoms with van der Waals surface area (Å²) in [6.07, 6.45) is 4.55. The number of sulfonamides is 1. The molecule has 72 valence electrons. The summed E-state index contributed by atoms with van der Waals surface area (Å²) in [7, 11) is -3.12. The summed E-state index contributed by atoms with van der Waals surface area (Å²) >= 11 is 0. The minimum absolute atomic E-state index is 0.0840. The van der Waals surface area contributed by atoms with Crippen LogP contribution < -0.4 is 4.72 Å². The second-order valence-corrected chi connectivity index (χ2v) is 4.57. The molecule has 0 radical (unpaired) electrons. The van der Waals surface area contributed by atoms with Crippen molar-refractivity contribution in [2.75, 3.05) is 5.75 Å². The van der Waals surface area contributed by atoms with Crippen molar-refractivity contribution >= 4 is 10.0 Å². The van der Waals surface area contributed by atoms with E-state index in [0.717, 1.165) is 5.56 Å². The predicted octanol–water partition coefficient (Wildman–Crippen LogP) is -0.0841. The van der Waals surface area contributed by atoms with Crippen LogP contribution in [0.15, 0.2) is 18.7 Å². The van der Waals surface area contributed by atoms with Crippen molar-refractivity contribution in [2.45, 2.75) is 13.5 Å². The van der Waals surface area contributed by atoms with Gasteiger partial charge in [-0.3, -0.25) is 0 Å². The number of nitrogens with zero attached hydrogens (tertiary/aromatic N) is 2. The van der Waals surface area contributed by atoms with Crippen molar-refractivity contribution in [3.05, 3.63) is 24.3 Å². The Morgan fingerprint density at radius 1 is 1.38 bits per heavy atom. The number of hydrogen-bond donors (Lipinski definition) is 1. The maximum Gasteiger partial charge on any atom is 0.211 e. The SMILES string of the molecule is CCS(=O)(=O)NCc1cncnc1. The van der Waals surface area contributed by atoms with Crippen LogP contribution in [-0.2, 0) is 16.6 Å². The molecule has 0 atom stereocenters. The van der Waals surface area contributed by atoms with Gasteiger partial charge in [0.2, 0.25) is 10.0 Å². The van der Waals surface area contributed by atoms with Crippen LogP contribution in [0.3, 0.4) is 0 Å². The van der Waals surface area contributed by atoms with Gasteiger partial charge in [-0.25, -0.2) is 23.1 Å². The summed E-state index contributed by atoms with van der Waals surface area (Å²) in [6, 6.07) is 0. The Kier molecular flexibility index (Phi) is 3.32. The summed E-state index contributed by atoms with van der Waals surface area (Å²) in [5, 5.41) is 0. The van der Waals surface area contributed by atoms with E-state index in [1.807, 2.05) is 0 Å². The lowest BCUT2D eigenvalue weighted by molar-refractivity contribution is 0.582. The molecule has 0 saturated heterocycles. The highest BCUT2D eigenvalue weighted by Gasteiger charge is 2.05. The molecule has 0 aliphatic heterocycles. The number of nitrogens with one attached hydrogen (secondary N) is 1. The minimum atomic E-state index is -3.12. The first-order valence-corrected chi connectivity index (χ1v) is 5.50. The molecule has 0 bridgehead atoms. The second-order valence-electron chi connectivity index (χ2n) is 2.47. The van der Waals surface area contributed by atoms with Crippen LogP contribution in [0.5, 0.6) is 0 Å². The van der Waals surface area contributed by atoms with Crippen molar-refractivity contribution in [3.8, 4) is 0 Å². The molecule has 0 amide bonds. The highest BCUT2D eigenvalue weighted by molar-refractivity contribution is 7.89. The summed E-state index contributed by atoms with van der Waals surface area (Å²) < 4.78 is 24.5. The summed E-state index contributed by atoms with van der Waals surface area (Å²) in [6.45, 7) is 1.83. The average Bonchev–Trinajstić information content (AvgIpc) is 2.17. The molecule has 0 fully saturated rings. The highest BCUT2D eigenvalue weighted by atomic mass is 32.2. The zero-order valence-corrected chi connectivity index (χ0v) is 8.08. The highest BCUT2D eigenvalue weighted by Crippen LogP contribution is 1.93. The van der Waals surface area contributed by atoms with Gasteiger partial charge in [-0.05, 0) is 6.92 Å². The van der Waals surface area contributed by atoms with Crippen LogP contribution in [0.4, 0.5) is 0 Å². The molecular formula is C7H11N3O2S. The molecule has 5 nitrogen and oxygen atoms in total. The zero-order chi connectivity index (χ0) is 9.73. The molecule has 0 aliphatic rings. The van der Waals surface area contributed by atoms with E-state index in [-0.39, 0.29) is 12.3 Å². The third kappa shape index (κ3) is 3.47. The molecular weight excluding hydrogens is 190 g/mol. The van der Waals surface area contributed by atoms with Gasteiger partial charge in [-0.15, -0.1) is 0 Å². The van der Waals surface area contributed by atoms with Crippen molar-refractivity contribution in [1.82, 2.24) is 14.7 Å². The quantitative estimate of drug-likeness (QED) is 0.739. The van der Waals surface area contributed by atoms with E-state index in [1.165, 1.54) is 6.33 Å². The van der Waals surface area contributed by atoms with Crippen molar-refractivity contribution in [2.24, 2.45) is 0 Å². The molecule has 0 saturated carbocycles. The van der Waals surface area contributed by atoms with Crippen molar-refractivity contribution in [3.63, 3.8) is 0 Å². The fourth-order valence-electron chi connectivity index (χ4n) is 0.717. The van der Waals surface area contributed by atoms with Crippen LogP contribution in [0.1, 0.15) is 12.5 Å². The van der Waals surface area contributed by atoms with Gasteiger partial charge >= 0.3 is 0 Å². The van der Waals surface area contributed by atoms with Crippen molar-refractivity contribution in [1.29, 1.82) is 0 Å². The molecule has 0 aromatic carbocycles. The zero-order valence-electron chi connectivity index (χ0n) is 7.27. The number of hydrogen-bond acceptors (Lipinski definition) is 4. The smallest absolute Gasteiger partial charge is 0.211 e. The van der Waals surface area contributed by atoms with Crippen LogP contribution in [0.25, 0.3) is 0 Å². The average molecular weight is 201 g/mol. The summed E-state index contributed by atoms with van der Waals surface area (Å²) in [5.74, 6) is 0.0840. The maximum atomic E-state index is 11.0. The molecule has 1 heterocycles. The van der Waals surface area contributed by atoms with Gasteiger partial charge in [0.25, 0.3) is 0 Å². The molecule has 0 spiro atoms. The maximum absolute atomic E-state index is 11.0.